The molecule has 0 aromatic heterocycles. The Morgan fingerprint density at radius 1 is 1.29 bits per heavy atom. The third kappa shape index (κ3) is 5.09. The molecule has 0 aliphatic carbocycles. The summed E-state index contributed by atoms with van der Waals surface area (Å²) in [5, 5.41) is 0. The number of amides is 1. The zero-order valence-electron chi connectivity index (χ0n) is 11.5. The number of hydrogen-bond donors (Lipinski definition) is 1. The van der Waals surface area contributed by atoms with Gasteiger partial charge < -0.3 is 10.5 Å². The first-order valence-corrected chi connectivity index (χ1v) is 6.41. The summed E-state index contributed by atoms with van der Waals surface area (Å²) in [7, 11) is 0. The maximum Gasteiger partial charge on any atom is 0.419 e. The molecule has 4 nitrogen and oxygen atoms in total. The van der Waals surface area contributed by atoms with Crippen molar-refractivity contribution in [2.75, 3.05) is 6.61 Å². The Labute approximate surface area is 120 Å². The minimum atomic E-state index is -4.65. The second kappa shape index (κ2) is 7.10. The predicted molar refractivity (Wildman–Crippen MR) is 70.0 cm³/mol. The van der Waals surface area contributed by atoms with Crippen molar-refractivity contribution in [3.8, 4) is 5.75 Å². The largest absolute Gasteiger partial charge is 0.493 e. The molecule has 116 valence electrons. The van der Waals surface area contributed by atoms with Crippen LogP contribution in [0.4, 0.5) is 13.2 Å². The molecular formula is C14H16F3NO3. The van der Waals surface area contributed by atoms with Crippen molar-refractivity contribution in [1.82, 2.24) is 0 Å². The number of halogens is 3. The lowest BCUT2D eigenvalue weighted by atomic mass is 10.1. The molecule has 0 spiro atoms. The lowest BCUT2D eigenvalue weighted by Gasteiger charge is -2.14. The van der Waals surface area contributed by atoms with Crippen LogP contribution in [-0.2, 0) is 11.0 Å². The van der Waals surface area contributed by atoms with Gasteiger partial charge >= 0.3 is 6.18 Å². The highest BCUT2D eigenvalue weighted by molar-refractivity contribution is 5.93. The van der Waals surface area contributed by atoms with Crippen LogP contribution in [0.2, 0.25) is 0 Å². The minimum absolute atomic E-state index is 0.00919. The second-order valence-corrected chi connectivity index (χ2v) is 4.42. The fraction of sp³-hybridized carbons (Fsp3) is 0.429. The van der Waals surface area contributed by atoms with E-state index in [4.69, 9.17) is 10.5 Å². The van der Waals surface area contributed by atoms with Crippen molar-refractivity contribution >= 4 is 11.7 Å². The van der Waals surface area contributed by atoms with Gasteiger partial charge in [-0.25, -0.2) is 0 Å². The van der Waals surface area contributed by atoms with Crippen LogP contribution in [0.5, 0.6) is 5.75 Å². The Morgan fingerprint density at radius 2 is 1.95 bits per heavy atom. The molecule has 7 heteroatoms. The maximum absolute atomic E-state index is 12.9. The van der Waals surface area contributed by atoms with Gasteiger partial charge in [-0.15, -0.1) is 0 Å². The van der Waals surface area contributed by atoms with E-state index in [1.165, 1.54) is 6.07 Å². The van der Waals surface area contributed by atoms with Crippen LogP contribution in [-0.4, -0.2) is 18.3 Å². The van der Waals surface area contributed by atoms with Gasteiger partial charge in [-0.05, 0) is 24.6 Å². The molecule has 1 aromatic rings. The Bertz CT molecular complexity index is 527. The number of hydrogen-bond acceptors (Lipinski definition) is 3. The molecular weight excluding hydrogens is 287 g/mol. The molecule has 0 saturated carbocycles. The van der Waals surface area contributed by atoms with E-state index in [0.717, 1.165) is 6.07 Å². The average molecular weight is 303 g/mol. The molecule has 0 fully saturated rings. The number of Topliss-reactive ketones (excluding diaryl/α,β-unsaturated/α-hetero) is 1. The summed E-state index contributed by atoms with van der Waals surface area (Å²) in [5.41, 5.74) is 3.67. The van der Waals surface area contributed by atoms with Crippen molar-refractivity contribution in [3.63, 3.8) is 0 Å². The summed E-state index contributed by atoms with van der Waals surface area (Å²) in [4.78, 5) is 22.0. The number of benzene rings is 1. The summed E-state index contributed by atoms with van der Waals surface area (Å²) in [6.45, 7) is 1.71. The average Bonchev–Trinajstić information content (AvgIpc) is 2.42. The maximum atomic E-state index is 12.9. The summed E-state index contributed by atoms with van der Waals surface area (Å²) in [5.74, 6) is -1.30. The molecule has 0 aliphatic rings. The second-order valence-electron chi connectivity index (χ2n) is 4.42. The van der Waals surface area contributed by atoms with E-state index < -0.39 is 17.6 Å². The number of alkyl halides is 3. The van der Waals surface area contributed by atoms with Crippen molar-refractivity contribution < 1.29 is 27.5 Å². The molecule has 0 radical (unpaired) electrons. The molecule has 0 unspecified atom stereocenters. The summed E-state index contributed by atoms with van der Waals surface area (Å²) in [6.07, 6.45) is -3.67. The van der Waals surface area contributed by atoms with Gasteiger partial charge in [0.15, 0.2) is 0 Å². The molecule has 0 saturated heterocycles. The van der Waals surface area contributed by atoms with Crippen molar-refractivity contribution in [1.29, 1.82) is 0 Å². The zero-order chi connectivity index (χ0) is 16.0. The van der Waals surface area contributed by atoms with Gasteiger partial charge in [0.25, 0.3) is 0 Å². The van der Waals surface area contributed by atoms with Crippen molar-refractivity contribution in [2.24, 2.45) is 5.73 Å². The minimum Gasteiger partial charge on any atom is -0.493 e. The molecule has 2 N–H and O–H groups in total. The SMILES string of the molecule is CCC(=O)CCCOc1ccc(C(N)=O)cc1C(F)(F)F. The number of primary amides is 1. The van der Waals surface area contributed by atoms with Gasteiger partial charge in [-0.2, -0.15) is 13.2 Å². The van der Waals surface area contributed by atoms with Gasteiger partial charge in [-0.1, -0.05) is 6.92 Å². The number of carbonyl (C=O) groups excluding carboxylic acids is 2. The number of ether oxygens (including phenoxy) is 1. The molecule has 1 amide bonds. The molecule has 0 aliphatic heterocycles. The lowest BCUT2D eigenvalue weighted by Crippen LogP contribution is -2.15. The summed E-state index contributed by atoms with van der Waals surface area (Å²) in [6, 6.07) is 2.89. The number of ketones is 1. The summed E-state index contributed by atoms with van der Waals surface area (Å²) >= 11 is 0. The molecule has 0 atom stereocenters. The first kappa shape index (κ1) is 17.0. The van der Waals surface area contributed by atoms with E-state index in [1.807, 2.05) is 0 Å². The fourth-order valence-electron chi connectivity index (χ4n) is 1.66. The van der Waals surface area contributed by atoms with Crippen LogP contribution < -0.4 is 10.5 Å². The molecule has 21 heavy (non-hydrogen) atoms. The number of carbonyl (C=O) groups is 2. The van der Waals surface area contributed by atoms with Crippen LogP contribution >= 0.6 is 0 Å². The Kier molecular flexibility index (Phi) is 5.75. The standard InChI is InChI=1S/C14H16F3NO3/c1-2-10(19)4-3-7-21-12-6-5-9(13(18)20)8-11(12)14(15,16)17/h5-6,8H,2-4,7H2,1H3,(H2,18,20). The van der Waals surface area contributed by atoms with Gasteiger partial charge in [0, 0.05) is 18.4 Å². The Balaban J connectivity index is 2.82. The van der Waals surface area contributed by atoms with Crippen LogP contribution in [0.3, 0.4) is 0 Å². The van der Waals surface area contributed by atoms with Gasteiger partial charge in [0.2, 0.25) is 5.91 Å². The van der Waals surface area contributed by atoms with E-state index in [-0.39, 0.29) is 30.1 Å². The monoisotopic (exact) mass is 303 g/mol. The highest BCUT2D eigenvalue weighted by Crippen LogP contribution is 2.36. The molecule has 1 aromatic carbocycles. The third-order valence-corrected chi connectivity index (χ3v) is 2.82. The molecule has 0 heterocycles. The van der Waals surface area contributed by atoms with E-state index in [9.17, 15) is 22.8 Å². The topological polar surface area (TPSA) is 69.4 Å². The normalized spacial score (nSPS) is 11.2. The lowest BCUT2D eigenvalue weighted by molar-refractivity contribution is -0.139. The fourth-order valence-corrected chi connectivity index (χ4v) is 1.66. The van der Waals surface area contributed by atoms with Crippen LogP contribution in [0, 0.1) is 0 Å². The van der Waals surface area contributed by atoms with Crippen molar-refractivity contribution in [3.05, 3.63) is 29.3 Å². The van der Waals surface area contributed by atoms with Crippen LogP contribution in [0.1, 0.15) is 42.1 Å². The van der Waals surface area contributed by atoms with Gasteiger partial charge in [0.05, 0.1) is 12.2 Å². The third-order valence-electron chi connectivity index (χ3n) is 2.82. The number of rotatable bonds is 7. The van der Waals surface area contributed by atoms with E-state index in [2.05, 4.69) is 0 Å². The first-order valence-electron chi connectivity index (χ1n) is 6.41. The highest BCUT2D eigenvalue weighted by Gasteiger charge is 2.35. The van der Waals surface area contributed by atoms with Crippen LogP contribution in [0.25, 0.3) is 0 Å². The molecule has 1 rings (SSSR count). The number of nitrogens with two attached hydrogens (primary N) is 1. The zero-order valence-corrected chi connectivity index (χ0v) is 11.5. The first-order chi connectivity index (χ1) is 9.75. The Hall–Kier alpha value is -2.05. The quantitative estimate of drug-likeness (QED) is 0.787. The summed E-state index contributed by atoms with van der Waals surface area (Å²) < 4.78 is 43.8. The van der Waals surface area contributed by atoms with Crippen LogP contribution in [0.15, 0.2) is 18.2 Å². The van der Waals surface area contributed by atoms with E-state index >= 15 is 0 Å². The smallest absolute Gasteiger partial charge is 0.419 e. The highest BCUT2D eigenvalue weighted by atomic mass is 19.4. The molecule has 0 bridgehead atoms. The van der Waals surface area contributed by atoms with Crippen molar-refractivity contribution in [2.45, 2.75) is 32.4 Å². The van der Waals surface area contributed by atoms with Gasteiger partial charge in [-0.3, -0.25) is 9.59 Å². The predicted octanol–water partition coefficient (Wildman–Crippen LogP) is 2.94. The Morgan fingerprint density at radius 3 is 2.48 bits per heavy atom. The van der Waals surface area contributed by atoms with Gasteiger partial charge in [0.1, 0.15) is 11.5 Å². The van der Waals surface area contributed by atoms with E-state index in [1.54, 1.807) is 6.92 Å². The van der Waals surface area contributed by atoms with E-state index in [0.29, 0.717) is 18.9 Å².